The first-order valence-electron chi connectivity index (χ1n) is 4.90. The van der Waals surface area contributed by atoms with Crippen molar-refractivity contribution in [2.75, 3.05) is 0 Å². The third kappa shape index (κ3) is 2.33. The molecule has 0 aliphatic carbocycles. The van der Waals surface area contributed by atoms with Gasteiger partial charge >= 0.3 is 0 Å². The minimum Gasteiger partial charge on any atom is -0.489 e. The predicted octanol–water partition coefficient (Wildman–Crippen LogP) is 3.18. The van der Waals surface area contributed by atoms with Crippen molar-refractivity contribution in [1.29, 1.82) is 0 Å². The highest BCUT2D eigenvalue weighted by Crippen LogP contribution is 2.29. The van der Waals surface area contributed by atoms with E-state index < -0.39 is 0 Å². The van der Waals surface area contributed by atoms with Crippen LogP contribution in [0.1, 0.15) is 13.8 Å². The molecule has 2 rings (SSSR count). The van der Waals surface area contributed by atoms with Gasteiger partial charge in [0.15, 0.2) is 6.33 Å². The van der Waals surface area contributed by atoms with Gasteiger partial charge in [-0.05, 0) is 32.0 Å². The van der Waals surface area contributed by atoms with Gasteiger partial charge in [0.1, 0.15) is 5.75 Å². The Morgan fingerprint density at radius 3 is 2.75 bits per heavy atom. The van der Waals surface area contributed by atoms with Gasteiger partial charge in [-0.25, -0.2) is 0 Å². The lowest BCUT2D eigenvalue weighted by molar-refractivity contribution is 0.242. The second-order valence-electron chi connectivity index (χ2n) is 3.56. The van der Waals surface area contributed by atoms with Crippen molar-refractivity contribution in [3.63, 3.8) is 0 Å². The fourth-order valence-electron chi connectivity index (χ4n) is 1.28. The summed E-state index contributed by atoms with van der Waals surface area (Å²) in [5.74, 6) is 1.10. The topological polar surface area (TPSA) is 48.2 Å². The van der Waals surface area contributed by atoms with E-state index in [1.807, 2.05) is 19.9 Å². The van der Waals surface area contributed by atoms with Crippen molar-refractivity contribution in [2.45, 2.75) is 20.0 Å². The SMILES string of the molecule is CC(C)Oc1ccc(-c2ncno2)cc1Cl. The average Bonchev–Trinajstić information content (AvgIpc) is 2.73. The molecule has 0 fully saturated rings. The molecular formula is C11H11ClN2O2. The largest absolute Gasteiger partial charge is 0.489 e. The summed E-state index contributed by atoms with van der Waals surface area (Å²) in [5.41, 5.74) is 0.776. The van der Waals surface area contributed by atoms with Crippen LogP contribution in [0.2, 0.25) is 5.02 Å². The van der Waals surface area contributed by atoms with Gasteiger partial charge in [-0.15, -0.1) is 0 Å². The van der Waals surface area contributed by atoms with Crippen LogP contribution in [0.15, 0.2) is 29.0 Å². The summed E-state index contributed by atoms with van der Waals surface area (Å²) in [6, 6.07) is 5.37. The van der Waals surface area contributed by atoms with Crippen molar-refractivity contribution in [1.82, 2.24) is 10.1 Å². The van der Waals surface area contributed by atoms with Crippen LogP contribution >= 0.6 is 11.6 Å². The van der Waals surface area contributed by atoms with Gasteiger partial charge in [-0.3, -0.25) is 0 Å². The highest BCUT2D eigenvalue weighted by Gasteiger charge is 2.09. The summed E-state index contributed by atoms with van der Waals surface area (Å²) in [6.45, 7) is 3.89. The van der Waals surface area contributed by atoms with Crippen LogP contribution in [0.5, 0.6) is 5.75 Å². The quantitative estimate of drug-likeness (QED) is 0.824. The second-order valence-corrected chi connectivity index (χ2v) is 3.97. The van der Waals surface area contributed by atoms with Crippen LogP contribution in [0.3, 0.4) is 0 Å². The fourth-order valence-corrected chi connectivity index (χ4v) is 1.51. The van der Waals surface area contributed by atoms with Crippen LogP contribution in [-0.4, -0.2) is 16.2 Å². The van der Waals surface area contributed by atoms with Crippen LogP contribution in [0, 0.1) is 0 Å². The molecule has 0 aliphatic heterocycles. The first-order chi connectivity index (χ1) is 7.66. The Morgan fingerprint density at radius 2 is 2.19 bits per heavy atom. The zero-order valence-corrected chi connectivity index (χ0v) is 9.73. The van der Waals surface area contributed by atoms with E-state index in [4.69, 9.17) is 20.9 Å². The molecule has 4 nitrogen and oxygen atoms in total. The molecule has 0 bridgehead atoms. The molecule has 0 amide bonds. The van der Waals surface area contributed by atoms with Gasteiger partial charge < -0.3 is 9.26 Å². The molecule has 0 aliphatic rings. The number of rotatable bonds is 3. The third-order valence-corrected chi connectivity index (χ3v) is 2.20. The summed E-state index contributed by atoms with van der Waals surface area (Å²) < 4.78 is 10.5. The van der Waals surface area contributed by atoms with Crippen molar-refractivity contribution in [3.05, 3.63) is 29.5 Å². The van der Waals surface area contributed by atoms with Crippen LogP contribution in [0.4, 0.5) is 0 Å². The number of hydrogen-bond donors (Lipinski definition) is 0. The first-order valence-corrected chi connectivity index (χ1v) is 5.28. The molecule has 0 N–H and O–H groups in total. The number of aromatic nitrogens is 2. The maximum Gasteiger partial charge on any atom is 0.257 e. The van der Waals surface area contributed by atoms with Gasteiger partial charge in [0.25, 0.3) is 5.89 Å². The molecule has 0 atom stereocenters. The Morgan fingerprint density at radius 1 is 1.38 bits per heavy atom. The zero-order valence-electron chi connectivity index (χ0n) is 8.98. The van der Waals surface area contributed by atoms with Crippen molar-refractivity contribution < 1.29 is 9.26 Å². The van der Waals surface area contributed by atoms with Crippen molar-refractivity contribution in [2.24, 2.45) is 0 Å². The molecule has 1 aromatic carbocycles. The van der Waals surface area contributed by atoms with Crippen molar-refractivity contribution in [3.8, 4) is 17.2 Å². The molecule has 0 unspecified atom stereocenters. The van der Waals surface area contributed by atoms with E-state index in [0.717, 1.165) is 5.56 Å². The molecule has 2 aromatic rings. The Bertz CT molecular complexity index is 469. The van der Waals surface area contributed by atoms with E-state index in [0.29, 0.717) is 16.7 Å². The molecule has 16 heavy (non-hydrogen) atoms. The minimum atomic E-state index is 0.0896. The van der Waals surface area contributed by atoms with Gasteiger partial charge in [-0.2, -0.15) is 4.98 Å². The molecule has 5 heteroatoms. The predicted molar refractivity (Wildman–Crippen MR) is 60.5 cm³/mol. The molecular weight excluding hydrogens is 228 g/mol. The lowest BCUT2D eigenvalue weighted by atomic mass is 10.2. The Hall–Kier alpha value is -1.55. The molecule has 1 heterocycles. The lowest BCUT2D eigenvalue weighted by Gasteiger charge is -2.11. The standard InChI is InChI=1S/C11H11ClN2O2/c1-7(2)15-10-4-3-8(5-9(10)12)11-13-6-14-16-11/h3-7H,1-2H3. The Balaban J connectivity index is 2.29. The summed E-state index contributed by atoms with van der Waals surface area (Å²) in [6.07, 6.45) is 1.44. The number of hydrogen-bond acceptors (Lipinski definition) is 4. The van der Waals surface area contributed by atoms with E-state index in [9.17, 15) is 0 Å². The van der Waals surface area contributed by atoms with E-state index in [2.05, 4.69) is 10.1 Å². The van der Waals surface area contributed by atoms with Crippen LogP contribution in [-0.2, 0) is 0 Å². The zero-order chi connectivity index (χ0) is 11.5. The molecule has 84 valence electrons. The highest BCUT2D eigenvalue weighted by atomic mass is 35.5. The second kappa shape index (κ2) is 4.53. The molecule has 0 saturated heterocycles. The van der Waals surface area contributed by atoms with Gasteiger partial charge in [-0.1, -0.05) is 16.8 Å². The van der Waals surface area contributed by atoms with Gasteiger partial charge in [0.2, 0.25) is 0 Å². The van der Waals surface area contributed by atoms with Crippen LogP contribution in [0.25, 0.3) is 11.5 Å². The smallest absolute Gasteiger partial charge is 0.257 e. The maximum absolute atomic E-state index is 6.08. The number of benzene rings is 1. The van der Waals surface area contributed by atoms with E-state index in [-0.39, 0.29) is 6.10 Å². The number of ether oxygens (including phenoxy) is 1. The highest BCUT2D eigenvalue weighted by molar-refractivity contribution is 6.32. The van der Waals surface area contributed by atoms with E-state index >= 15 is 0 Å². The molecule has 0 saturated carbocycles. The van der Waals surface area contributed by atoms with Gasteiger partial charge in [0, 0.05) is 5.56 Å². The molecule has 0 spiro atoms. The van der Waals surface area contributed by atoms with E-state index in [1.165, 1.54) is 6.33 Å². The molecule has 0 radical (unpaired) electrons. The summed E-state index contributed by atoms with van der Waals surface area (Å²) in [7, 11) is 0. The normalized spacial score (nSPS) is 10.8. The minimum absolute atomic E-state index is 0.0896. The Labute approximate surface area is 98.2 Å². The molecule has 1 aromatic heterocycles. The first kappa shape index (κ1) is 11.0. The third-order valence-electron chi connectivity index (χ3n) is 1.90. The number of nitrogens with zero attached hydrogens (tertiary/aromatic N) is 2. The van der Waals surface area contributed by atoms with Gasteiger partial charge in [0.05, 0.1) is 11.1 Å². The summed E-state index contributed by atoms with van der Waals surface area (Å²) in [4.78, 5) is 3.94. The average molecular weight is 239 g/mol. The summed E-state index contributed by atoms with van der Waals surface area (Å²) >= 11 is 6.08. The summed E-state index contributed by atoms with van der Waals surface area (Å²) in [5, 5.41) is 4.07. The Kier molecular flexibility index (Phi) is 3.10. The maximum atomic E-state index is 6.08. The van der Waals surface area contributed by atoms with Crippen LogP contribution < -0.4 is 4.74 Å². The van der Waals surface area contributed by atoms with E-state index in [1.54, 1.807) is 12.1 Å². The lowest BCUT2D eigenvalue weighted by Crippen LogP contribution is -2.05. The fraction of sp³-hybridized carbons (Fsp3) is 0.273. The number of halogens is 1. The monoisotopic (exact) mass is 238 g/mol. The van der Waals surface area contributed by atoms with Crippen molar-refractivity contribution >= 4 is 11.6 Å².